The third kappa shape index (κ3) is 4.01. The predicted octanol–water partition coefficient (Wildman–Crippen LogP) is 1.03. The predicted molar refractivity (Wildman–Crippen MR) is 61.0 cm³/mol. The number of likely N-dealkylation sites (tertiary alicyclic amines) is 1. The minimum Gasteiger partial charge on any atom is -0.462 e. The smallest absolute Gasteiger partial charge is 0.333 e. The molecular weight excluding hydrogens is 222 g/mol. The molecule has 1 aliphatic heterocycles. The molecule has 0 aliphatic carbocycles. The van der Waals surface area contributed by atoms with E-state index in [2.05, 4.69) is 6.58 Å². The lowest BCUT2D eigenvalue weighted by molar-refractivity contribution is -0.141. The van der Waals surface area contributed by atoms with Gasteiger partial charge in [-0.2, -0.15) is 0 Å². The SMILES string of the molecule is C=C(C)C(=O)OCCCCN1C(=O)CCC1=O. The number of hydrogen-bond acceptors (Lipinski definition) is 4. The second-order valence-electron chi connectivity index (χ2n) is 4.06. The quantitative estimate of drug-likeness (QED) is 0.300. The van der Waals surface area contributed by atoms with Gasteiger partial charge in [-0.05, 0) is 19.8 Å². The van der Waals surface area contributed by atoms with Crippen molar-refractivity contribution in [2.45, 2.75) is 32.6 Å². The van der Waals surface area contributed by atoms with Crippen molar-refractivity contribution in [3.63, 3.8) is 0 Å². The molecular formula is C12H17NO4. The minimum atomic E-state index is -0.404. The van der Waals surface area contributed by atoms with Crippen LogP contribution in [0.2, 0.25) is 0 Å². The summed E-state index contributed by atoms with van der Waals surface area (Å²) in [5.74, 6) is -0.610. The standard InChI is InChI=1S/C12H17NO4/c1-9(2)12(16)17-8-4-3-7-13-10(14)5-6-11(13)15/h1,3-8H2,2H3. The number of ether oxygens (including phenoxy) is 1. The van der Waals surface area contributed by atoms with Crippen LogP contribution in [0.25, 0.3) is 0 Å². The summed E-state index contributed by atoms with van der Waals surface area (Å²) in [6, 6.07) is 0. The second-order valence-corrected chi connectivity index (χ2v) is 4.06. The van der Waals surface area contributed by atoms with E-state index in [1.807, 2.05) is 0 Å². The van der Waals surface area contributed by atoms with Crippen LogP contribution in [0.3, 0.4) is 0 Å². The van der Waals surface area contributed by atoms with Crippen LogP contribution < -0.4 is 0 Å². The summed E-state index contributed by atoms with van der Waals surface area (Å²) in [6.45, 7) is 5.76. The van der Waals surface area contributed by atoms with Gasteiger partial charge in [-0.3, -0.25) is 14.5 Å². The Balaban J connectivity index is 2.12. The van der Waals surface area contributed by atoms with Crippen molar-refractivity contribution in [3.05, 3.63) is 12.2 Å². The average Bonchev–Trinajstić information content (AvgIpc) is 2.59. The number of rotatable bonds is 6. The molecule has 0 aromatic heterocycles. The van der Waals surface area contributed by atoms with Crippen molar-refractivity contribution in [2.24, 2.45) is 0 Å². The molecule has 0 atom stereocenters. The lowest BCUT2D eigenvalue weighted by Gasteiger charge is -2.13. The first kappa shape index (κ1) is 13.4. The number of hydrogen-bond donors (Lipinski definition) is 0. The Hall–Kier alpha value is -1.65. The number of carbonyl (C=O) groups is 3. The van der Waals surface area contributed by atoms with E-state index >= 15 is 0 Å². The number of esters is 1. The second kappa shape index (κ2) is 6.18. The van der Waals surface area contributed by atoms with Crippen LogP contribution in [0.15, 0.2) is 12.2 Å². The maximum atomic E-state index is 11.3. The van der Waals surface area contributed by atoms with Gasteiger partial charge in [-0.15, -0.1) is 0 Å². The van der Waals surface area contributed by atoms with E-state index in [0.29, 0.717) is 44.4 Å². The molecule has 1 saturated heterocycles. The highest BCUT2D eigenvalue weighted by Crippen LogP contribution is 2.12. The molecule has 2 amide bonds. The zero-order chi connectivity index (χ0) is 12.8. The number of unbranched alkanes of at least 4 members (excludes halogenated alkanes) is 1. The lowest BCUT2D eigenvalue weighted by atomic mass is 10.3. The van der Waals surface area contributed by atoms with E-state index in [0.717, 1.165) is 0 Å². The maximum Gasteiger partial charge on any atom is 0.333 e. The van der Waals surface area contributed by atoms with Gasteiger partial charge in [0, 0.05) is 25.0 Å². The fraction of sp³-hybridized carbons (Fsp3) is 0.583. The van der Waals surface area contributed by atoms with E-state index < -0.39 is 5.97 Å². The molecule has 1 aliphatic rings. The van der Waals surface area contributed by atoms with E-state index in [-0.39, 0.29) is 11.8 Å². The first-order valence-corrected chi connectivity index (χ1v) is 5.68. The Bertz CT molecular complexity index is 332. The highest BCUT2D eigenvalue weighted by atomic mass is 16.5. The van der Waals surface area contributed by atoms with Gasteiger partial charge in [0.1, 0.15) is 0 Å². The molecule has 1 fully saturated rings. The molecule has 0 radical (unpaired) electrons. The van der Waals surface area contributed by atoms with Gasteiger partial charge in [0.05, 0.1) is 6.61 Å². The van der Waals surface area contributed by atoms with Gasteiger partial charge in [0.25, 0.3) is 0 Å². The fourth-order valence-corrected chi connectivity index (χ4v) is 1.53. The summed E-state index contributed by atoms with van der Waals surface area (Å²) in [6.07, 6.45) is 1.93. The van der Waals surface area contributed by atoms with E-state index in [1.54, 1.807) is 6.92 Å². The van der Waals surface area contributed by atoms with Crippen LogP contribution in [0.1, 0.15) is 32.6 Å². The molecule has 0 aromatic rings. The molecule has 0 bridgehead atoms. The zero-order valence-electron chi connectivity index (χ0n) is 10.0. The molecule has 0 N–H and O–H groups in total. The van der Waals surface area contributed by atoms with E-state index in [9.17, 15) is 14.4 Å². The monoisotopic (exact) mass is 239 g/mol. The van der Waals surface area contributed by atoms with Crippen molar-refractivity contribution in [1.82, 2.24) is 4.90 Å². The molecule has 0 aromatic carbocycles. The highest BCUT2D eigenvalue weighted by Gasteiger charge is 2.27. The molecule has 0 spiro atoms. The molecule has 5 nitrogen and oxygen atoms in total. The molecule has 94 valence electrons. The largest absolute Gasteiger partial charge is 0.462 e. The summed E-state index contributed by atoms with van der Waals surface area (Å²) in [5.41, 5.74) is 0.370. The van der Waals surface area contributed by atoms with Crippen molar-refractivity contribution >= 4 is 17.8 Å². The van der Waals surface area contributed by atoms with Gasteiger partial charge < -0.3 is 4.74 Å². The fourth-order valence-electron chi connectivity index (χ4n) is 1.53. The average molecular weight is 239 g/mol. The van der Waals surface area contributed by atoms with Crippen LogP contribution in [-0.4, -0.2) is 35.8 Å². The molecule has 5 heteroatoms. The number of carbonyl (C=O) groups excluding carboxylic acids is 3. The summed E-state index contributed by atoms with van der Waals surface area (Å²) in [5, 5.41) is 0. The summed E-state index contributed by atoms with van der Waals surface area (Å²) in [7, 11) is 0. The third-order valence-corrected chi connectivity index (χ3v) is 2.51. The summed E-state index contributed by atoms with van der Waals surface area (Å²) < 4.78 is 4.89. The Morgan fingerprint density at radius 1 is 1.29 bits per heavy atom. The zero-order valence-corrected chi connectivity index (χ0v) is 10.0. The van der Waals surface area contributed by atoms with Gasteiger partial charge >= 0.3 is 5.97 Å². The Morgan fingerprint density at radius 2 is 1.88 bits per heavy atom. The van der Waals surface area contributed by atoms with Crippen LogP contribution in [0.4, 0.5) is 0 Å². The van der Waals surface area contributed by atoms with Crippen LogP contribution >= 0.6 is 0 Å². The maximum absolute atomic E-state index is 11.3. The Kier molecular flexibility index (Phi) is 4.87. The lowest BCUT2D eigenvalue weighted by Crippen LogP contribution is -2.30. The van der Waals surface area contributed by atoms with E-state index in [4.69, 9.17) is 4.74 Å². The number of imide groups is 1. The van der Waals surface area contributed by atoms with Crippen molar-refractivity contribution in [2.75, 3.05) is 13.2 Å². The summed E-state index contributed by atoms with van der Waals surface area (Å²) >= 11 is 0. The van der Waals surface area contributed by atoms with Crippen molar-refractivity contribution in [1.29, 1.82) is 0 Å². The molecule has 0 saturated carbocycles. The van der Waals surface area contributed by atoms with Crippen LogP contribution in [0.5, 0.6) is 0 Å². The molecule has 1 heterocycles. The Labute approximate surface area is 100 Å². The van der Waals surface area contributed by atoms with Gasteiger partial charge in [0.2, 0.25) is 11.8 Å². The van der Waals surface area contributed by atoms with Crippen molar-refractivity contribution < 1.29 is 19.1 Å². The van der Waals surface area contributed by atoms with Gasteiger partial charge in [-0.25, -0.2) is 4.79 Å². The van der Waals surface area contributed by atoms with Crippen molar-refractivity contribution in [3.8, 4) is 0 Å². The molecule has 1 rings (SSSR count). The first-order valence-electron chi connectivity index (χ1n) is 5.68. The normalized spacial score (nSPS) is 15.2. The number of nitrogens with zero attached hydrogens (tertiary/aromatic N) is 1. The van der Waals surface area contributed by atoms with E-state index in [1.165, 1.54) is 4.90 Å². The van der Waals surface area contributed by atoms with Gasteiger partial charge in [0.15, 0.2) is 0 Å². The number of amides is 2. The topological polar surface area (TPSA) is 63.7 Å². The molecule has 17 heavy (non-hydrogen) atoms. The minimum absolute atomic E-state index is 0.103. The first-order chi connectivity index (χ1) is 8.02. The summed E-state index contributed by atoms with van der Waals surface area (Å²) in [4.78, 5) is 34.8. The molecule has 0 unspecified atom stereocenters. The highest BCUT2D eigenvalue weighted by molar-refractivity contribution is 6.01. The third-order valence-electron chi connectivity index (χ3n) is 2.51. The van der Waals surface area contributed by atoms with Crippen LogP contribution in [0, 0.1) is 0 Å². The van der Waals surface area contributed by atoms with Gasteiger partial charge in [-0.1, -0.05) is 6.58 Å². The Morgan fingerprint density at radius 3 is 2.41 bits per heavy atom. The van der Waals surface area contributed by atoms with Crippen LogP contribution in [-0.2, 0) is 19.1 Å².